The molecule has 0 radical (unpaired) electrons. The summed E-state index contributed by atoms with van der Waals surface area (Å²) in [4.78, 5) is 27.6. The number of benzene rings is 2. The second-order valence-corrected chi connectivity index (χ2v) is 6.88. The van der Waals surface area contributed by atoms with Crippen molar-refractivity contribution in [3.05, 3.63) is 69.5 Å². The number of amides is 1. The number of piperazine rings is 1. The fourth-order valence-electron chi connectivity index (χ4n) is 3.20. The van der Waals surface area contributed by atoms with E-state index in [0.717, 1.165) is 18.7 Å². The minimum atomic E-state index is -0.442. The molecule has 1 aliphatic rings. The highest BCUT2D eigenvalue weighted by atomic mass is 19.1. The molecule has 1 saturated heterocycles. The van der Waals surface area contributed by atoms with Gasteiger partial charge < -0.3 is 15.1 Å². The van der Waals surface area contributed by atoms with Crippen LogP contribution in [0.2, 0.25) is 0 Å². The summed E-state index contributed by atoms with van der Waals surface area (Å²) in [5.74, 6) is -0.671. The van der Waals surface area contributed by atoms with Crippen LogP contribution in [0.5, 0.6) is 0 Å². The topological polar surface area (TPSA) is 78.7 Å². The lowest BCUT2D eigenvalue weighted by atomic mass is 10.1. The third-order valence-electron chi connectivity index (χ3n) is 4.89. The van der Waals surface area contributed by atoms with Gasteiger partial charge in [0.25, 0.3) is 11.6 Å². The molecule has 1 fully saturated rings. The second-order valence-electron chi connectivity index (χ2n) is 6.88. The van der Waals surface area contributed by atoms with E-state index in [1.807, 2.05) is 11.9 Å². The summed E-state index contributed by atoms with van der Waals surface area (Å²) >= 11 is 0. The van der Waals surface area contributed by atoms with Crippen LogP contribution < -0.4 is 10.2 Å². The van der Waals surface area contributed by atoms with Crippen molar-refractivity contribution in [1.82, 2.24) is 10.2 Å². The zero-order valence-corrected chi connectivity index (χ0v) is 15.7. The Hall–Kier alpha value is -3.00. The van der Waals surface area contributed by atoms with Gasteiger partial charge in [0.2, 0.25) is 0 Å². The molecule has 148 valence electrons. The Morgan fingerprint density at radius 1 is 1.14 bits per heavy atom. The molecule has 3 rings (SSSR count). The number of nitrogens with one attached hydrogen (secondary N) is 1. The molecule has 8 heteroatoms. The standard InChI is InChI=1S/C20H23FN4O3/c1-23-10-12-24(13-11-23)18-7-4-16(14-19(18)25(27)28)20(26)22-9-8-15-2-5-17(21)6-3-15/h2-7,14H,8-13H2,1H3,(H,22,26). The van der Waals surface area contributed by atoms with Crippen molar-refractivity contribution in [3.8, 4) is 0 Å². The number of anilines is 1. The lowest BCUT2D eigenvalue weighted by Gasteiger charge is -2.33. The first-order valence-electron chi connectivity index (χ1n) is 9.18. The Bertz CT molecular complexity index is 849. The molecule has 1 aliphatic heterocycles. The van der Waals surface area contributed by atoms with Crippen LogP contribution in [0.15, 0.2) is 42.5 Å². The largest absolute Gasteiger partial charge is 0.363 e. The van der Waals surface area contributed by atoms with Gasteiger partial charge in [-0.25, -0.2) is 4.39 Å². The van der Waals surface area contributed by atoms with Crippen molar-refractivity contribution in [2.45, 2.75) is 6.42 Å². The summed E-state index contributed by atoms with van der Waals surface area (Å²) < 4.78 is 12.9. The van der Waals surface area contributed by atoms with E-state index in [2.05, 4.69) is 10.2 Å². The van der Waals surface area contributed by atoms with Crippen molar-refractivity contribution in [1.29, 1.82) is 0 Å². The van der Waals surface area contributed by atoms with E-state index in [1.54, 1.807) is 24.3 Å². The normalized spacial score (nSPS) is 14.7. The van der Waals surface area contributed by atoms with Crippen molar-refractivity contribution < 1.29 is 14.1 Å². The van der Waals surface area contributed by atoms with Gasteiger partial charge in [-0.15, -0.1) is 0 Å². The van der Waals surface area contributed by atoms with E-state index >= 15 is 0 Å². The highest BCUT2D eigenvalue weighted by Gasteiger charge is 2.24. The maximum Gasteiger partial charge on any atom is 0.293 e. The van der Waals surface area contributed by atoms with Crippen molar-refractivity contribution in [2.75, 3.05) is 44.7 Å². The summed E-state index contributed by atoms with van der Waals surface area (Å²) in [6, 6.07) is 10.7. The van der Waals surface area contributed by atoms with Gasteiger partial charge in [-0.1, -0.05) is 12.1 Å². The first-order chi connectivity index (χ1) is 13.4. The van der Waals surface area contributed by atoms with Crippen LogP contribution in [0, 0.1) is 15.9 Å². The first-order valence-corrected chi connectivity index (χ1v) is 9.18. The Morgan fingerprint density at radius 2 is 1.82 bits per heavy atom. The number of nitro groups is 1. The van der Waals surface area contributed by atoms with E-state index in [4.69, 9.17) is 0 Å². The number of carbonyl (C=O) groups excluding carboxylic acids is 1. The predicted molar refractivity (Wildman–Crippen MR) is 105 cm³/mol. The van der Waals surface area contributed by atoms with Crippen LogP contribution >= 0.6 is 0 Å². The Labute approximate surface area is 162 Å². The van der Waals surface area contributed by atoms with Gasteiger partial charge >= 0.3 is 0 Å². The predicted octanol–water partition coefficient (Wildman–Crippen LogP) is 2.46. The minimum Gasteiger partial charge on any atom is -0.363 e. The summed E-state index contributed by atoms with van der Waals surface area (Å²) in [7, 11) is 2.02. The van der Waals surface area contributed by atoms with Crippen molar-refractivity contribution in [3.63, 3.8) is 0 Å². The molecule has 28 heavy (non-hydrogen) atoms. The summed E-state index contributed by atoms with van der Waals surface area (Å²) in [5, 5.41) is 14.3. The Balaban J connectivity index is 1.66. The summed E-state index contributed by atoms with van der Waals surface area (Å²) in [5.41, 5.74) is 1.64. The molecule has 2 aromatic rings. The molecule has 1 N–H and O–H groups in total. The van der Waals surface area contributed by atoms with E-state index < -0.39 is 4.92 Å². The molecule has 0 saturated carbocycles. The van der Waals surface area contributed by atoms with Crippen molar-refractivity contribution in [2.24, 2.45) is 0 Å². The number of carbonyl (C=O) groups is 1. The van der Waals surface area contributed by atoms with Gasteiger partial charge in [0.1, 0.15) is 11.5 Å². The number of hydrogen-bond donors (Lipinski definition) is 1. The van der Waals surface area contributed by atoms with Crippen LogP contribution in [0.25, 0.3) is 0 Å². The molecule has 2 aromatic carbocycles. The molecule has 0 aliphatic carbocycles. The van der Waals surface area contributed by atoms with E-state index in [1.165, 1.54) is 18.2 Å². The second kappa shape index (κ2) is 8.79. The van der Waals surface area contributed by atoms with Gasteiger partial charge in [0.05, 0.1) is 4.92 Å². The highest BCUT2D eigenvalue weighted by molar-refractivity contribution is 5.95. The minimum absolute atomic E-state index is 0.0595. The number of nitro benzene ring substituents is 1. The smallest absolute Gasteiger partial charge is 0.293 e. The average Bonchev–Trinajstić information content (AvgIpc) is 2.69. The molecular weight excluding hydrogens is 363 g/mol. The average molecular weight is 386 g/mol. The SMILES string of the molecule is CN1CCN(c2ccc(C(=O)NCCc3ccc(F)cc3)cc2[N+](=O)[O-])CC1. The summed E-state index contributed by atoms with van der Waals surface area (Å²) in [6.45, 7) is 3.45. The van der Waals surface area contributed by atoms with Crippen LogP contribution in [0.1, 0.15) is 15.9 Å². The van der Waals surface area contributed by atoms with Crippen LogP contribution in [-0.2, 0) is 6.42 Å². The molecule has 0 spiro atoms. The number of halogens is 1. The molecule has 0 unspecified atom stereocenters. The molecule has 0 bridgehead atoms. The Morgan fingerprint density at radius 3 is 2.46 bits per heavy atom. The molecule has 1 amide bonds. The van der Waals surface area contributed by atoms with E-state index in [9.17, 15) is 19.3 Å². The number of hydrogen-bond acceptors (Lipinski definition) is 5. The quantitative estimate of drug-likeness (QED) is 0.609. The highest BCUT2D eigenvalue weighted by Crippen LogP contribution is 2.30. The molecule has 7 nitrogen and oxygen atoms in total. The lowest BCUT2D eigenvalue weighted by Crippen LogP contribution is -2.44. The van der Waals surface area contributed by atoms with Crippen molar-refractivity contribution >= 4 is 17.3 Å². The van der Waals surface area contributed by atoms with E-state index in [-0.39, 0.29) is 23.0 Å². The van der Waals surface area contributed by atoms with E-state index in [0.29, 0.717) is 31.7 Å². The maximum atomic E-state index is 12.9. The third-order valence-corrected chi connectivity index (χ3v) is 4.89. The van der Waals surface area contributed by atoms with Crippen LogP contribution in [0.3, 0.4) is 0 Å². The zero-order valence-electron chi connectivity index (χ0n) is 15.7. The maximum absolute atomic E-state index is 12.9. The molecule has 1 heterocycles. The molecule has 0 atom stereocenters. The van der Waals surface area contributed by atoms with Gasteiger partial charge in [0, 0.05) is 44.4 Å². The number of nitrogens with zero attached hydrogens (tertiary/aromatic N) is 3. The monoisotopic (exact) mass is 386 g/mol. The molecule has 0 aromatic heterocycles. The summed E-state index contributed by atoms with van der Waals surface area (Å²) in [6.07, 6.45) is 0.549. The molecular formula is C20H23FN4O3. The van der Waals surface area contributed by atoms with Crippen LogP contribution in [-0.4, -0.2) is 55.5 Å². The van der Waals surface area contributed by atoms with Gasteiger partial charge in [-0.05, 0) is 43.3 Å². The lowest BCUT2D eigenvalue weighted by molar-refractivity contribution is -0.384. The van der Waals surface area contributed by atoms with Gasteiger partial charge in [-0.3, -0.25) is 14.9 Å². The van der Waals surface area contributed by atoms with Gasteiger partial charge in [-0.2, -0.15) is 0 Å². The fraction of sp³-hybridized carbons (Fsp3) is 0.350. The zero-order chi connectivity index (χ0) is 20.1. The third kappa shape index (κ3) is 4.83. The first kappa shape index (κ1) is 19.8. The van der Waals surface area contributed by atoms with Gasteiger partial charge in [0.15, 0.2) is 0 Å². The number of rotatable bonds is 6. The van der Waals surface area contributed by atoms with Crippen LogP contribution in [0.4, 0.5) is 15.8 Å². The number of likely N-dealkylation sites (N-methyl/N-ethyl adjacent to an activating group) is 1. The fourth-order valence-corrected chi connectivity index (χ4v) is 3.20. The Kier molecular flexibility index (Phi) is 6.20.